The highest BCUT2D eigenvalue weighted by atomic mass is 16.1. The Bertz CT molecular complexity index is 1490. The topological polar surface area (TPSA) is 87.4 Å². The molecule has 0 radical (unpaired) electrons. The zero-order valence-corrected chi connectivity index (χ0v) is 21.7. The summed E-state index contributed by atoms with van der Waals surface area (Å²) in [4.78, 5) is 26.1. The van der Waals surface area contributed by atoms with Crippen molar-refractivity contribution < 1.29 is 4.79 Å². The van der Waals surface area contributed by atoms with E-state index in [1.807, 2.05) is 68.6 Å². The number of fused-ring (bicyclic) bond motifs is 1. The molecule has 7 heteroatoms. The number of nitrogen functional groups attached to an aromatic ring is 1. The highest BCUT2D eigenvalue weighted by Crippen LogP contribution is 2.30. The Labute approximate surface area is 218 Å². The lowest BCUT2D eigenvalue weighted by molar-refractivity contribution is 0.102. The molecule has 4 rings (SSSR count). The fourth-order valence-electron chi connectivity index (χ4n) is 4.29. The SMILES string of the molecule is C#Cc1ccc(N(C)CCCN(C)C)c(NC(=O)c2ccc(C)c(-c3ccc4nc(N)ncc4c3)c2)c1. The van der Waals surface area contributed by atoms with Crippen LogP contribution in [-0.4, -0.2) is 55.0 Å². The van der Waals surface area contributed by atoms with E-state index in [1.165, 1.54) is 0 Å². The van der Waals surface area contributed by atoms with Crippen molar-refractivity contribution in [3.8, 4) is 23.5 Å². The molecule has 0 fully saturated rings. The Morgan fingerprint density at radius 3 is 2.62 bits per heavy atom. The van der Waals surface area contributed by atoms with Gasteiger partial charge in [-0.1, -0.05) is 18.1 Å². The van der Waals surface area contributed by atoms with Crippen LogP contribution in [0.2, 0.25) is 0 Å². The Morgan fingerprint density at radius 2 is 1.86 bits per heavy atom. The molecule has 188 valence electrons. The number of hydrogen-bond donors (Lipinski definition) is 2. The first-order valence-corrected chi connectivity index (χ1v) is 12.2. The van der Waals surface area contributed by atoms with Crippen LogP contribution in [0.1, 0.15) is 27.9 Å². The van der Waals surface area contributed by atoms with Crippen LogP contribution in [0.25, 0.3) is 22.0 Å². The Hall–Kier alpha value is -4.41. The second-order valence-electron chi connectivity index (χ2n) is 9.44. The van der Waals surface area contributed by atoms with Crippen molar-refractivity contribution in [1.82, 2.24) is 14.9 Å². The third-order valence-corrected chi connectivity index (χ3v) is 6.33. The van der Waals surface area contributed by atoms with Gasteiger partial charge in [0.25, 0.3) is 5.91 Å². The van der Waals surface area contributed by atoms with E-state index in [-0.39, 0.29) is 11.9 Å². The molecule has 0 saturated heterocycles. The van der Waals surface area contributed by atoms with Crippen LogP contribution in [0, 0.1) is 19.3 Å². The molecule has 0 atom stereocenters. The van der Waals surface area contributed by atoms with E-state index in [2.05, 4.69) is 45.1 Å². The molecule has 3 aromatic carbocycles. The van der Waals surface area contributed by atoms with Crippen molar-refractivity contribution in [1.29, 1.82) is 0 Å². The number of nitrogens with two attached hydrogens (primary N) is 1. The van der Waals surface area contributed by atoms with Crippen LogP contribution in [0.15, 0.2) is 60.8 Å². The van der Waals surface area contributed by atoms with Crippen LogP contribution in [-0.2, 0) is 0 Å². The Kier molecular flexibility index (Phi) is 7.71. The maximum Gasteiger partial charge on any atom is 0.255 e. The van der Waals surface area contributed by atoms with Crippen molar-refractivity contribution in [2.45, 2.75) is 13.3 Å². The van der Waals surface area contributed by atoms with Gasteiger partial charge in [-0.2, -0.15) is 0 Å². The molecule has 0 spiro atoms. The molecule has 0 bridgehead atoms. The van der Waals surface area contributed by atoms with Crippen LogP contribution in [0.3, 0.4) is 0 Å². The summed E-state index contributed by atoms with van der Waals surface area (Å²) in [5, 5.41) is 3.98. The van der Waals surface area contributed by atoms with E-state index in [1.54, 1.807) is 6.20 Å². The molecule has 0 aliphatic carbocycles. The van der Waals surface area contributed by atoms with Gasteiger partial charge in [0, 0.05) is 36.3 Å². The first-order valence-electron chi connectivity index (χ1n) is 12.2. The number of carbonyl (C=O) groups excluding carboxylic acids is 1. The lowest BCUT2D eigenvalue weighted by atomic mass is 9.97. The van der Waals surface area contributed by atoms with Gasteiger partial charge < -0.3 is 20.9 Å². The van der Waals surface area contributed by atoms with Crippen LogP contribution in [0.5, 0.6) is 0 Å². The Morgan fingerprint density at radius 1 is 1.05 bits per heavy atom. The number of benzene rings is 3. The number of rotatable bonds is 8. The van der Waals surface area contributed by atoms with E-state index in [9.17, 15) is 4.79 Å². The minimum absolute atomic E-state index is 0.199. The molecule has 37 heavy (non-hydrogen) atoms. The largest absolute Gasteiger partial charge is 0.373 e. The van der Waals surface area contributed by atoms with Crippen LogP contribution < -0.4 is 16.0 Å². The van der Waals surface area contributed by atoms with E-state index in [0.29, 0.717) is 16.8 Å². The summed E-state index contributed by atoms with van der Waals surface area (Å²) >= 11 is 0. The maximum atomic E-state index is 13.4. The number of terminal acetylenes is 1. The molecule has 4 aromatic rings. The zero-order valence-electron chi connectivity index (χ0n) is 21.7. The van der Waals surface area contributed by atoms with E-state index in [0.717, 1.165) is 52.8 Å². The van der Waals surface area contributed by atoms with Crippen LogP contribution >= 0.6 is 0 Å². The number of nitrogens with zero attached hydrogens (tertiary/aromatic N) is 4. The fourth-order valence-corrected chi connectivity index (χ4v) is 4.29. The average molecular weight is 493 g/mol. The molecule has 0 aliphatic heterocycles. The van der Waals surface area contributed by atoms with Crippen LogP contribution in [0.4, 0.5) is 17.3 Å². The number of aryl methyl sites for hydroxylation is 1. The smallest absolute Gasteiger partial charge is 0.255 e. The van der Waals surface area contributed by atoms with Crippen molar-refractivity contribution in [3.63, 3.8) is 0 Å². The third-order valence-electron chi connectivity index (χ3n) is 6.33. The number of carbonyl (C=O) groups is 1. The zero-order chi connectivity index (χ0) is 26.5. The van der Waals surface area contributed by atoms with Crippen molar-refractivity contribution >= 4 is 34.1 Å². The van der Waals surface area contributed by atoms with Gasteiger partial charge in [0.1, 0.15) is 0 Å². The Balaban J connectivity index is 1.62. The second kappa shape index (κ2) is 11.1. The van der Waals surface area contributed by atoms with Gasteiger partial charge >= 0.3 is 0 Å². The van der Waals surface area contributed by atoms with Gasteiger partial charge in [-0.3, -0.25) is 4.79 Å². The summed E-state index contributed by atoms with van der Waals surface area (Å²) in [5.41, 5.74) is 12.4. The minimum atomic E-state index is -0.199. The summed E-state index contributed by atoms with van der Waals surface area (Å²) in [7, 11) is 6.15. The van der Waals surface area contributed by atoms with Crippen molar-refractivity contribution in [2.75, 3.05) is 50.2 Å². The van der Waals surface area contributed by atoms with Gasteiger partial charge in [-0.25, -0.2) is 9.97 Å². The summed E-state index contributed by atoms with van der Waals surface area (Å²) in [6.07, 6.45) is 8.36. The van der Waals surface area contributed by atoms with Gasteiger partial charge in [0.2, 0.25) is 5.95 Å². The average Bonchev–Trinajstić information content (AvgIpc) is 2.88. The molecule has 7 nitrogen and oxygen atoms in total. The number of hydrogen-bond acceptors (Lipinski definition) is 6. The molecular weight excluding hydrogens is 460 g/mol. The van der Waals surface area contributed by atoms with E-state index < -0.39 is 0 Å². The summed E-state index contributed by atoms with van der Waals surface area (Å²) in [5.74, 6) is 2.71. The van der Waals surface area contributed by atoms with Crippen molar-refractivity contribution in [3.05, 3.63) is 77.5 Å². The number of amides is 1. The molecule has 0 unspecified atom stereocenters. The monoisotopic (exact) mass is 492 g/mol. The normalized spacial score (nSPS) is 10.9. The fraction of sp³-hybridized carbons (Fsp3) is 0.233. The first kappa shape index (κ1) is 25.7. The van der Waals surface area contributed by atoms with Gasteiger partial charge in [0.15, 0.2) is 0 Å². The quantitative estimate of drug-likeness (QED) is 0.343. The molecule has 0 aliphatic rings. The molecule has 1 aromatic heterocycles. The second-order valence-corrected chi connectivity index (χ2v) is 9.44. The molecule has 3 N–H and O–H groups in total. The number of aromatic nitrogens is 2. The summed E-state index contributed by atoms with van der Waals surface area (Å²) in [6, 6.07) is 17.3. The lowest BCUT2D eigenvalue weighted by Gasteiger charge is -2.24. The minimum Gasteiger partial charge on any atom is -0.373 e. The molecule has 1 heterocycles. The third kappa shape index (κ3) is 6.05. The van der Waals surface area contributed by atoms with E-state index >= 15 is 0 Å². The van der Waals surface area contributed by atoms with Gasteiger partial charge in [-0.15, -0.1) is 6.42 Å². The van der Waals surface area contributed by atoms with Gasteiger partial charge in [-0.05, 0) is 93.1 Å². The predicted octanol–water partition coefficient (Wildman–Crippen LogP) is 4.81. The standard InChI is InChI=1S/C30H32N6O/c1-6-21-9-13-28(36(5)15-7-14-35(3)4)27(16-21)33-29(37)23-10-8-20(2)25(18-23)22-11-12-26-24(17-22)19-32-30(31)34-26/h1,8-13,16-19H,7,14-15H2,2-5H3,(H,33,37)(H2,31,32,34). The number of anilines is 3. The molecular formula is C30H32N6O. The van der Waals surface area contributed by atoms with Gasteiger partial charge in [0.05, 0.1) is 16.9 Å². The first-order chi connectivity index (χ1) is 17.7. The highest BCUT2D eigenvalue weighted by molar-refractivity contribution is 6.07. The maximum absolute atomic E-state index is 13.4. The number of nitrogens with one attached hydrogen (secondary N) is 1. The molecule has 0 saturated carbocycles. The predicted molar refractivity (Wildman–Crippen MR) is 153 cm³/mol. The summed E-state index contributed by atoms with van der Waals surface area (Å²) in [6.45, 7) is 3.86. The summed E-state index contributed by atoms with van der Waals surface area (Å²) < 4.78 is 0. The van der Waals surface area contributed by atoms with Crippen molar-refractivity contribution in [2.24, 2.45) is 0 Å². The lowest BCUT2D eigenvalue weighted by Crippen LogP contribution is -2.25. The highest BCUT2D eigenvalue weighted by Gasteiger charge is 2.15. The van der Waals surface area contributed by atoms with E-state index in [4.69, 9.17) is 12.2 Å². The molecule has 1 amide bonds.